The number of guanidine groups is 1. The lowest BCUT2D eigenvalue weighted by Crippen LogP contribution is -2.50. The van der Waals surface area contributed by atoms with Gasteiger partial charge in [-0.3, -0.25) is 4.99 Å². The minimum Gasteiger partial charge on any atom is -0.369 e. The third-order valence-corrected chi connectivity index (χ3v) is 3.93. The Morgan fingerprint density at radius 3 is 2.75 bits per heavy atom. The summed E-state index contributed by atoms with van der Waals surface area (Å²) in [7, 11) is 0. The molecule has 0 bridgehead atoms. The lowest BCUT2D eigenvalue weighted by molar-refractivity contribution is 0.454. The monoisotopic (exact) mass is 276 g/mol. The molecule has 1 saturated heterocycles. The second kappa shape index (κ2) is 6.11. The zero-order valence-corrected chi connectivity index (χ0v) is 11.6. The van der Waals surface area contributed by atoms with Crippen molar-refractivity contribution in [2.24, 2.45) is 4.99 Å². The van der Waals surface area contributed by atoms with Crippen LogP contribution in [-0.4, -0.2) is 38.2 Å². The maximum Gasteiger partial charge on any atom is 0.191 e. The molecule has 1 aromatic carbocycles. The van der Waals surface area contributed by atoms with Gasteiger partial charge in [-0.1, -0.05) is 12.1 Å². The Bertz CT molecular complexity index is 481. The van der Waals surface area contributed by atoms with E-state index < -0.39 is 0 Å². The van der Waals surface area contributed by atoms with Crippen molar-refractivity contribution in [1.29, 1.82) is 0 Å². The van der Waals surface area contributed by atoms with Crippen LogP contribution in [0.3, 0.4) is 0 Å². The van der Waals surface area contributed by atoms with Crippen LogP contribution in [0.4, 0.5) is 10.1 Å². The maximum absolute atomic E-state index is 13.8. The van der Waals surface area contributed by atoms with E-state index in [0.717, 1.165) is 57.1 Å². The molecular formula is C15H21FN4. The lowest BCUT2D eigenvalue weighted by atomic mass is 10.0. The van der Waals surface area contributed by atoms with Crippen LogP contribution >= 0.6 is 0 Å². The molecule has 20 heavy (non-hydrogen) atoms. The third kappa shape index (κ3) is 3.03. The van der Waals surface area contributed by atoms with Crippen LogP contribution in [0.2, 0.25) is 0 Å². The molecule has 0 aromatic heterocycles. The van der Waals surface area contributed by atoms with E-state index in [1.165, 1.54) is 6.07 Å². The van der Waals surface area contributed by atoms with Gasteiger partial charge in [0.05, 0.1) is 5.69 Å². The average Bonchev–Trinajstić information content (AvgIpc) is 2.50. The van der Waals surface area contributed by atoms with Crippen molar-refractivity contribution in [3.63, 3.8) is 0 Å². The Hall–Kier alpha value is -1.78. The summed E-state index contributed by atoms with van der Waals surface area (Å²) in [5, 5.41) is 6.75. The zero-order chi connectivity index (χ0) is 13.8. The van der Waals surface area contributed by atoms with Crippen molar-refractivity contribution in [3.8, 4) is 0 Å². The summed E-state index contributed by atoms with van der Waals surface area (Å²) >= 11 is 0. The Morgan fingerprint density at radius 2 is 2.05 bits per heavy atom. The number of nitrogens with zero attached hydrogens (tertiary/aromatic N) is 2. The van der Waals surface area contributed by atoms with E-state index in [4.69, 9.17) is 0 Å². The van der Waals surface area contributed by atoms with Crippen LogP contribution in [0.5, 0.6) is 0 Å². The summed E-state index contributed by atoms with van der Waals surface area (Å²) in [6.07, 6.45) is 3.13. The highest BCUT2D eigenvalue weighted by atomic mass is 19.1. The van der Waals surface area contributed by atoms with E-state index in [0.29, 0.717) is 6.04 Å². The average molecular weight is 276 g/mol. The number of piperidine rings is 1. The van der Waals surface area contributed by atoms with Gasteiger partial charge in [0.25, 0.3) is 0 Å². The van der Waals surface area contributed by atoms with Gasteiger partial charge >= 0.3 is 0 Å². The van der Waals surface area contributed by atoms with Gasteiger partial charge in [-0.2, -0.15) is 0 Å². The number of para-hydroxylation sites is 1. The molecule has 5 heteroatoms. The van der Waals surface area contributed by atoms with Gasteiger partial charge in [-0.05, 0) is 31.4 Å². The number of halogens is 1. The Labute approximate surface area is 119 Å². The van der Waals surface area contributed by atoms with Crippen molar-refractivity contribution in [2.75, 3.05) is 31.1 Å². The third-order valence-electron chi connectivity index (χ3n) is 3.93. The van der Waals surface area contributed by atoms with Gasteiger partial charge < -0.3 is 15.5 Å². The van der Waals surface area contributed by atoms with Crippen molar-refractivity contribution >= 4 is 11.6 Å². The molecule has 3 rings (SSSR count). The predicted molar refractivity (Wildman–Crippen MR) is 79.7 cm³/mol. The summed E-state index contributed by atoms with van der Waals surface area (Å²) in [6, 6.07) is 7.45. The second-order valence-corrected chi connectivity index (χ2v) is 5.37. The molecule has 1 aromatic rings. The second-order valence-electron chi connectivity index (χ2n) is 5.37. The highest BCUT2D eigenvalue weighted by Gasteiger charge is 2.22. The Balaban J connectivity index is 1.54. The summed E-state index contributed by atoms with van der Waals surface area (Å²) < 4.78 is 13.8. The molecule has 0 unspecified atom stereocenters. The number of rotatable bonds is 2. The van der Waals surface area contributed by atoms with Crippen molar-refractivity contribution in [3.05, 3.63) is 30.1 Å². The molecule has 0 radical (unpaired) electrons. The summed E-state index contributed by atoms with van der Waals surface area (Å²) in [5.74, 6) is 0.804. The fourth-order valence-electron chi connectivity index (χ4n) is 2.80. The summed E-state index contributed by atoms with van der Waals surface area (Å²) in [4.78, 5) is 6.56. The fraction of sp³-hybridized carbons (Fsp3) is 0.533. The quantitative estimate of drug-likeness (QED) is 0.864. The topological polar surface area (TPSA) is 39.7 Å². The van der Waals surface area contributed by atoms with E-state index in [2.05, 4.69) is 20.5 Å². The van der Waals surface area contributed by atoms with E-state index in [9.17, 15) is 4.39 Å². The number of hydrogen-bond acceptors (Lipinski definition) is 4. The van der Waals surface area contributed by atoms with Gasteiger partial charge in [0.15, 0.2) is 5.96 Å². The molecule has 108 valence electrons. The van der Waals surface area contributed by atoms with Gasteiger partial charge in [0.1, 0.15) is 5.82 Å². The van der Waals surface area contributed by atoms with E-state index in [-0.39, 0.29) is 5.82 Å². The molecular weight excluding hydrogens is 255 g/mol. The number of benzene rings is 1. The van der Waals surface area contributed by atoms with Gasteiger partial charge in [-0.25, -0.2) is 4.39 Å². The molecule has 1 fully saturated rings. The maximum atomic E-state index is 13.8. The number of hydrogen-bond donors (Lipinski definition) is 2. The molecule has 0 atom stereocenters. The molecule has 0 saturated carbocycles. The Kier molecular flexibility index (Phi) is 4.04. The predicted octanol–water partition coefficient (Wildman–Crippen LogP) is 1.73. The van der Waals surface area contributed by atoms with Crippen LogP contribution < -0.4 is 15.5 Å². The molecule has 2 N–H and O–H groups in total. The minimum atomic E-state index is -0.128. The van der Waals surface area contributed by atoms with Crippen LogP contribution in [0.25, 0.3) is 0 Å². The molecule has 0 amide bonds. The first-order chi connectivity index (χ1) is 9.83. The zero-order valence-electron chi connectivity index (χ0n) is 11.6. The molecule has 0 spiro atoms. The summed E-state index contributed by atoms with van der Waals surface area (Å²) in [6.45, 7) is 3.67. The lowest BCUT2D eigenvalue weighted by Gasteiger charge is -2.35. The number of nitrogens with one attached hydrogen (secondary N) is 2. The van der Waals surface area contributed by atoms with E-state index >= 15 is 0 Å². The first-order valence-corrected chi connectivity index (χ1v) is 7.37. The number of anilines is 1. The highest BCUT2D eigenvalue weighted by Crippen LogP contribution is 2.22. The van der Waals surface area contributed by atoms with Crippen molar-refractivity contribution in [2.45, 2.75) is 25.3 Å². The fourth-order valence-corrected chi connectivity index (χ4v) is 2.80. The van der Waals surface area contributed by atoms with Gasteiger partial charge in [0, 0.05) is 32.2 Å². The van der Waals surface area contributed by atoms with E-state index in [1.807, 2.05) is 12.1 Å². The van der Waals surface area contributed by atoms with Gasteiger partial charge in [-0.15, -0.1) is 0 Å². The van der Waals surface area contributed by atoms with Crippen LogP contribution in [-0.2, 0) is 0 Å². The molecule has 0 aliphatic carbocycles. The minimum absolute atomic E-state index is 0.128. The van der Waals surface area contributed by atoms with E-state index in [1.54, 1.807) is 6.07 Å². The normalized spacial score (nSPS) is 20.2. The highest BCUT2D eigenvalue weighted by molar-refractivity contribution is 5.80. The first kappa shape index (κ1) is 13.2. The number of aliphatic imine (C=N–C) groups is 1. The molecule has 2 aliphatic heterocycles. The summed E-state index contributed by atoms with van der Waals surface area (Å²) in [5.41, 5.74) is 0.721. The van der Waals surface area contributed by atoms with Crippen molar-refractivity contribution in [1.82, 2.24) is 10.6 Å². The molecule has 2 aliphatic rings. The smallest absolute Gasteiger partial charge is 0.191 e. The SMILES string of the molecule is Fc1ccccc1N1CCC(NC2=NCCCN2)CC1. The molecule has 2 heterocycles. The van der Waals surface area contributed by atoms with Crippen LogP contribution in [0, 0.1) is 5.82 Å². The standard InChI is InChI=1S/C15H21FN4/c16-13-4-1-2-5-14(13)20-10-6-12(7-11-20)19-15-17-8-3-9-18-15/h1-2,4-5,12H,3,6-11H2,(H2,17,18,19). The van der Waals surface area contributed by atoms with Crippen LogP contribution in [0.1, 0.15) is 19.3 Å². The largest absolute Gasteiger partial charge is 0.369 e. The molecule has 4 nitrogen and oxygen atoms in total. The van der Waals surface area contributed by atoms with Gasteiger partial charge in [0.2, 0.25) is 0 Å². The first-order valence-electron chi connectivity index (χ1n) is 7.37. The van der Waals surface area contributed by atoms with Crippen molar-refractivity contribution < 1.29 is 4.39 Å². The van der Waals surface area contributed by atoms with Crippen LogP contribution in [0.15, 0.2) is 29.3 Å². The Morgan fingerprint density at radius 1 is 1.25 bits per heavy atom.